The third-order valence-corrected chi connectivity index (χ3v) is 2.41. The first-order valence-corrected chi connectivity index (χ1v) is 4.15. The van der Waals surface area contributed by atoms with Crippen LogP contribution in [0.2, 0.25) is 0 Å². The minimum atomic E-state index is -1.15. The molecule has 1 rings (SSSR count). The van der Waals surface area contributed by atoms with E-state index in [1.54, 1.807) is 0 Å². The fourth-order valence-corrected chi connectivity index (χ4v) is 1.45. The van der Waals surface area contributed by atoms with E-state index in [4.69, 9.17) is 15.6 Å². The second-order valence-corrected chi connectivity index (χ2v) is 3.32. The average molecular weight is 195 g/mol. The van der Waals surface area contributed by atoms with Crippen molar-refractivity contribution in [3.63, 3.8) is 0 Å². The molecule has 0 spiro atoms. The van der Waals surface area contributed by atoms with Crippen LogP contribution in [0.1, 0.15) is 0 Å². The van der Waals surface area contributed by atoms with E-state index >= 15 is 0 Å². The summed E-state index contributed by atoms with van der Waals surface area (Å²) in [4.78, 5) is 0. The first-order valence-electron chi connectivity index (χ1n) is 3.64. The Hall–Kier alpha value is 0.150. The molecule has 0 aliphatic carbocycles. The van der Waals surface area contributed by atoms with E-state index in [0.717, 1.165) is 0 Å². The molecule has 12 heavy (non-hydrogen) atoms. The molecule has 1 saturated heterocycles. The first kappa shape index (κ1) is 10.2. The van der Waals surface area contributed by atoms with Gasteiger partial charge in [0.2, 0.25) is 0 Å². The summed E-state index contributed by atoms with van der Waals surface area (Å²) in [5, 5.41) is 27.3. The van der Waals surface area contributed by atoms with E-state index in [9.17, 15) is 10.2 Å². The average Bonchev–Trinajstić information content (AvgIpc) is 2.08. The van der Waals surface area contributed by atoms with Gasteiger partial charge in [0, 0.05) is 0 Å². The second kappa shape index (κ2) is 3.91. The SMILES string of the molecule is NC1C(S)OC(CO)C(O)C1O. The molecule has 1 aliphatic rings. The zero-order valence-electron chi connectivity index (χ0n) is 6.37. The maximum atomic E-state index is 9.30. The highest BCUT2D eigenvalue weighted by Gasteiger charge is 2.40. The third-order valence-electron chi connectivity index (χ3n) is 1.95. The van der Waals surface area contributed by atoms with E-state index in [1.807, 2.05) is 0 Å². The second-order valence-electron chi connectivity index (χ2n) is 2.81. The van der Waals surface area contributed by atoms with Crippen LogP contribution in [-0.4, -0.2) is 51.7 Å². The molecular weight excluding hydrogens is 182 g/mol. The Balaban J connectivity index is 2.63. The predicted octanol–water partition coefficient (Wildman–Crippen LogP) is -2.32. The Morgan fingerprint density at radius 3 is 2.42 bits per heavy atom. The number of nitrogens with two attached hydrogens (primary N) is 1. The van der Waals surface area contributed by atoms with Crippen molar-refractivity contribution in [1.29, 1.82) is 0 Å². The Morgan fingerprint density at radius 2 is 1.92 bits per heavy atom. The van der Waals surface area contributed by atoms with Crippen molar-refractivity contribution in [3.05, 3.63) is 0 Å². The van der Waals surface area contributed by atoms with Crippen LogP contribution in [0.5, 0.6) is 0 Å². The number of aliphatic hydroxyl groups is 3. The molecule has 1 aliphatic heterocycles. The lowest BCUT2D eigenvalue weighted by molar-refractivity contribution is -0.165. The maximum absolute atomic E-state index is 9.30. The van der Waals surface area contributed by atoms with E-state index in [0.29, 0.717) is 0 Å². The fraction of sp³-hybridized carbons (Fsp3) is 1.00. The van der Waals surface area contributed by atoms with Crippen molar-refractivity contribution in [1.82, 2.24) is 0 Å². The quantitative estimate of drug-likeness (QED) is 0.303. The zero-order valence-corrected chi connectivity index (χ0v) is 7.26. The summed E-state index contributed by atoms with van der Waals surface area (Å²) < 4.78 is 5.01. The smallest absolute Gasteiger partial charge is 0.118 e. The molecule has 6 heteroatoms. The standard InChI is InChI=1S/C6H13NO4S/c7-3-5(10)4(9)2(1-8)11-6(3)12/h2-6,8-10,12H,1,7H2. The molecule has 72 valence electrons. The van der Waals surface area contributed by atoms with Crippen LogP contribution < -0.4 is 5.73 Å². The number of thiol groups is 1. The Bertz CT molecular complexity index is 154. The van der Waals surface area contributed by atoms with E-state index in [2.05, 4.69) is 12.6 Å². The van der Waals surface area contributed by atoms with Crippen LogP contribution in [0.3, 0.4) is 0 Å². The van der Waals surface area contributed by atoms with Crippen molar-refractivity contribution in [2.75, 3.05) is 6.61 Å². The zero-order chi connectivity index (χ0) is 9.30. The molecule has 0 saturated carbocycles. The molecule has 5 atom stereocenters. The Kier molecular flexibility index (Phi) is 3.33. The third kappa shape index (κ3) is 1.73. The fourth-order valence-electron chi connectivity index (χ4n) is 1.12. The first-order chi connectivity index (χ1) is 5.57. The van der Waals surface area contributed by atoms with Crippen molar-refractivity contribution in [3.8, 4) is 0 Å². The highest BCUT2D eigenvalue weighted by Crippen LogP contribution is 2.21. The molecule has 1 fully saturated rings. The van der Waals surface area contributed by atoms with Crippen LogP contribution in [0.15, 0.2) is 0 Å². The van der Waals surface area contributed by atoms with Gasteiger partial charge in [0.1, 0.15) is 23.7 Å². The number of hydrogen-bond donors (Lipinski definition) is 5. The lowest BCUT2D eigenvalue weighted by Crippen LogP contribution is -2.60. The lowest BCUT2D eigenvalue weighted by atomic mass is 9.99. The van der Waals surface area contributed by atoms with Crippen LogP contribution in [0.25, 0.3) is 0 Å². The molecule has 5 nitrogen and oxygen atoms in total. The van der Waals surface area contributed by atoms with Gasteiger partial charge in [-0.15, -0.1) is 12.6 Å². The largest absolute Gasteiger partial charge is 0.394 e. The van der Waals surface area contributed by atoms with Crippen LogP contribution >= 0.6 is 12.6 Å². The Morgan fingerprint density at radius 1 is 1.33 bits per heavy atom. The van der Waals surface area contributed by atoms with E-state index < -0.39 is 29.8 Å². The van der Waals surface area contributed by atoms with Crippen molar-refractivity contribution in [2.45, 2.75) is 29.8 Å². The summed E-state index contributed by atoms with van der Waals surface area (Å²) in [5.74, 6) is 0. The molecule has 0 aromatic rings. The summed E-state index contributed by atoms with van der Waals surface area (Å²) in [7, 11) is 0. The molecule has 5 N–H and O–H groups in total. The summed E-state index contributed by atoms with van der Waals surface area (Å²) in [6.45, 7) is -0.359. The van der Waals surface area contributed by atoms with Gasteiger partial charge >= 0.3 is 0 Å². The monoisotopic (exact) mass is 195 g/mol. The molecule has 1 heterocycles. The minimum Gasteiger partial charge on any atom is -0.394 e. The van der Waals surface area contributed by atoms with Gasteiger partial charge in [-0.2, -0.15) is 0 Å². The molecule has 0 aromatic carbocycles. The van der Waals surface area contributed by atoms with E-state index in [1.165, 1.54) is 0 Å². The molecule has 0 bridgehead atoms. The molecule has 0 aromatic heterocycles. The minimum absolute atomic E-state index is 0.359. The number of ether oxygens (including phenoxy) is 1. The summed E-state index contributed by atoms with van der Waals surface area (Å²) in [6, 6.07) is -0.730. The highest BCUT2D eigenvalue weighted by molar-refractivity contribution is 7.80. The normalized spacial score (nSPS) is 49.2. The molecule has 5 unspecified atom stereocenters. The van der Waals surface area contributed by atoms with Gasteiger partial charge in [-0.1, -0.05) is 0 Å². The van der Waals surface area contributed by atoms with Crippen molar-refractivity contribution in [2.24, 2.45) is 5.73 Å². The van der Waals surface area contributed by atoms with Gasteiger partial charge in [0.25, 0.3) is 0 Å². The Labute approximate surface area is 75.5 Å². The van der Waals surface area contributed by atoms with Crippen LogP contribution in [-0.2, 0) is 4.74 Å². The van der Waals surface area contributed by atoms with Gasteiger partial charge in [0.15, 0.2) is 0 Å². The van der Waals surface area contributed by atoms with Gasteiger partial charge in [-0.25, -0.2) is 0 Å². The lowest BCUT2D eigenvalue weighted by Gasteiger charge is -2.38. The molecular formula is C6H13NO4S. The van der Waals surface area contributed by atoms with Gasteiger partial charge in [-0.05, 0) is 0 Å². The van der Waals surface area contributed by atoms with Gasteiger partial charge in [0.05, 0.1) is 12.6 Å². The highest BCUT2D eigenvalue weighted by atomic mass is 32.1. The van der Waals surface area contributed by atoms with Crippen LogP contribution in [0, 0.1) is 0 Å². The predicted molar refractivity (Wildman–Crippen MR) is 44.7 cm³/mol. The van der Waals surface area contributed by atoms with E-state index in [-0.39, 0.29) is 6.61 Å². The topological polar surface area (TPSA) is 95.9 Å². The molecule has 0 amide bonds. The maximum Gasteiger partial charge on any atom is 0.118 e. The summed E-state index contributed by atoms with van der Waals surface area (Å²) in [5.41, 5.74) is 4.78. The number of hydrogen-bond acceptors (Lipinski definition) is 6. The van der Waals surface area contributed by atoms with Crippen molar-refractivity contribution >= 4 is 12.6 Å². The summed E-state index contributed by atoms with van der Waals surface area (Å²) in [6.07, 6.45) is -3.05. The van der Waals surface area contributed by atoms with Crippen molar-refractivity contribution < 1.29 is 20.1 Å². The summed E-state index contributed by atoms with van der Waals surface area (Å²) >= 11 is 3.94. The van der Waals surface area contributed by atoms with Gasteiger partial charge in [-0.3, -0.25) is 0 Å². The van der Waals surface area contributed by atoms with Crippen LogP contribution in [0.4, 0.5) is 0 Å². The number of rotatable bonds is 1. The van der Waals surface area contributed by atoms with Gasteiger partial charge < -0.3 is 25.8 Å². The number of aliphatic hydroxyl groups excluding tert-OH is 3. The molecule has 0 radical (unpaired) electrons.